The van der Waals surface area contributed by atoms with Crippen LogP contribution in [0.4, 0.5) is 16.4 Å². The summed E-state index contributed by atoms with van der Waals surface area (Å²) < 4.78 is 13.4. The van der Waals surface area contributed by atoms with Crippen molar-refractivity contribution < 1.29 is 19.1 Å². The van der Waals surface area contributed by atoms with Gasteiger partial charge in [0.1, 0.15) is 29.5 Å². The van der Waals surface area contributed by atoms with Crippen molar-refractivity contribution in [2.75, 3.05) is 30.5 Å². The molecule has 0 fully saturated rings. The van der Waals surface area contributed by atoms with Crippen LogP contribution < -0.4 is 9.80 Å². The lowest BCUT2D eigenvalue weighted by molar-refractivity contribution is 0.0282. The number of amides is 2. The maximum Gasteiger partial charge on any atom is 0.410 e. The van der Waals surface area contributed by atoms with E-state index in [1.165, 1.54) is 4.90 Å². The lowest BCUT2D eigenvalue weighted by atomic mass is 10.0. The predicted molar refractivity (Wildman–Crippen MR) is 163 cm³/mol. The number of carbonyl (C=O) groups excluding carboxylic acids is 2. The molecule has 0 saturated carbocycles. The SMILES string of the molecule is CC(C)[C@H]1COCc2nnc(-c3cccc(N4Cc5c(cc(N(C)C(C)C)nc5CN(C)C(=O)OC(C)(C)C)C4=O)n3)n21. The Hall–Kier alpha value is -4.06. The standard InChI is InChI=1S/C31H42N8O4/c1-18(2)24-16-42-17-27-34-35-28(39(24)27)22-11-10-12-25(32-22)38-14-21-20(29(38)40)13-26(37(9)19(3)4)33-23(21)15-36(8)30(41)43-31(5,6)7/h10-13,18-19,24H,14-17H2,1-9H3/t24-/m1/s1. The van der Waals surface area contributed by atoms with Crippen LogP contribution in [-0.4, -0.2) is 74.0 Å². The second kappa shape index (κ2) is 11.6. The summed E-state index contributed by atoms with van der Waals surface area (Å²) >= 11 is 0. The zero-order valence-corrected chi connectivity index (χ0v) is 26.6. The van der Waals surface area contributed by atoms with Crippen LogP contribution in [0.25, 0.3) is 11.5 Å². The van der Waals surface area contributed by atoms with Gasteiger partial charge in [0.25, 0.3) is 5.91 Å². The maximum absolute atomic E-state index is 14.0. The van der Waals surface area contributed by atoms with Gasteiger partial charge in [0.15, 0.2) is 11.6 Å². The molecule has 5 rings (SSSR count). The number of ether oxygens (including phenoxy) is 2. The average Bonchev–Trinajstić information content (AvgIpc) is 3.53. The molecule has 0 N–H and O–H groups in total. The lowest BCUT2D eigenvalue weighted by Gasteiger charge is -2.29. The zero-order valence-electron chi connectivity index (χ0n) is 26.6. The predicted octanol–water partition coefficient (Wildman–Crippen LogP) is 4.83. The van der Waals surface area contributed by atoms with E-state index in [1.807, 2.05) is 57.0 Å². The van der Waals surface area contributed by atoms with Crippen LogP contribution in [0, 0.1) is 5.92 Å². The van der Waals surface area contributed by atoms with Crippen LogP contribution >= 0.6 is 0 Å². The number of hydrogen-bond donors (Lipinski definition) is 0. The average molecular weight is 591 g/mol. The second-order valence-corrected chi connectivity index (χ2v) is 12.9. The van der Waals surface area contributed by atoms with E-state index in [2.05, 4.69) is 42.5 Å². The number of nitrogens with zero attached hydrogens (tertiary/aromatic N) is 8. The number of aromatic nitrogens is 5. The minimum Gasteiger partial charge on any atom is -0.444 e. The van der Waals surface area contributed by atoms with Crippen molar-refractivity contribution in [1.29, 1.82) is 0 Å². The molecule has 0 aliphatic carbocycles. The molecule has 1 atom stereocenters. The third-order valence-corrected chi connectivity index (χ3v) is 7.84. The van der Waals surface area contributed by atoms with Crippen molar-refractivity contribution in [3.63, 3.8) is 0 Å². The number of rotatable bonds is 7. The van der Waals surface area contributed by atoms with E-state index in [1.54, 1.807) is 11.9 Å². The first-order valence-corrected chi connectivity index (χ1v) is 14.8. The van der Waals surface area contributed by atoms with Crippen molar-refractivity contribution in [2.45, 2.75) is 85.8 Å². The molecule has 2 aliphatic rings. The first-order valence-electron chi connectivity index (χ1n) is 14.8. The fraction of sp³-hybridized carbons (Fsp3) is 0.548. The Balaban J connectivity index is 1.50. The molecule has 12 heteroatoms. The third-order valence-electron chi connectivity index (χ3n) is 7.84. The van der Waals surface area contributed by atoms with Crippen molar-refractivity contribution in [3.8, 4) is 11.5 Å². The summed E-state index contributed by atoms with van der Waals surface area (Å²) in [6.07, 6.45) is -0.456. The molecule has 2 aliphatic heterocycles. The van der Waals surface area contributed by atoms with E-state index < -0.39 is 11.7 Å². The maximum atomic E-state index is 14.0. The summed E-state index contributed by atoms with van der Waals surface area (Å²) in [5, 5.41) is 8.83. The van der Waals surface area contributed by atoms with E-state index in [-0.39, 0.29) is 31.1 Å². The molecule has 0 radical (unpaired) electrons. The highest BCUT2D eigenvalue weighted by atomic mass is 16.6. The van der Waals surface area contributed by atoms with Crippen molar-refractivity contribution in [1.82, 2.24) is 29.6 Å². The molecule has 230 valence electrons. The van der Waals surface area contributed by atoms with Gasteiger partial charge in [-0.1, -0.05) is 19.9 Å². The minimum atomic E-state index is -0.629. The highest BCUT2D eigenvalue weighted by Crippen LogP contribution is 2.35. The van der Waals surface area contributed by atoms with Crippen LogP contribution in [-0.2, 0) is 29.2 Å². The van der Waals surface area contributed by atoms with Crippen molar-refractivity contribution in [3.05, 3.63) is 46.9 Å². The lowest BCUT2D eigenvalue weighted by Crippen LogP contribution is -2.34. The van der Waals surface area contributed by atoms with Gasteiger partial charge in [-0.15, -0.1) is 10.2 Å². The van der Waals surface area contributed by atoms with Gasteiger partial charge in [0, 0.05) is 25.7 Å². The van der Waals surface area contributed by atoms with Gasteiger partial charge in [0.2, 0.25) is 0 Å². The number of fused-ring (bicyclic) bond motifs is 2. The number of anilines is 2. The number of pyridine rings is 2. The quantitative estimate of drug-likeness (QED) is 0.381. The largest absolute Gasteiger partial charge is 0.444 e. The second-order valence-electron chi connectivity index (χ2n) is 12.9. The first-order chi connectivity index (χ1) is 20.2. The van der Waals surface area contributed by atoms with Gasteiger partial charge in [0.05, 0.1) is 37.0 Å². The van der Waals surface area contributed by atoms with E-state index in [4.69, 9.17) is 19.4 Å². The van der Waals surface area contributed by atoms with Gasteiger partial charge >= 0.3 is 6.09 Å². The molecule has 0 bridgehead atoms. The molecule has 12 nitrogen and oxygen atoms in total. The molecule has 0 unspecified atom stereocenters. The summed E-state index contributed by atoms with van der Waals surface area (Å²) in [6.45, 7) is 15.4. The Morgan fingerprint density at radius 2 is 1.88 bits per heavy atom. The molecule has 3 aromatic rings. The molecular weight excluding hydrogens is 548 g/mol. The van der Waals surface area contributed by atoms with E-state index in [0.29, 0.717) is 53.5 Å². The van der Waals surface area contributed by atoms with Crippen LogP contribution in [0.5, 0.6) is 0 Å². The summed E-state index contributed by atoms with van der Waals surface area (Å²) in [4.78, 5) is 41.8. The first kappa shape index (κ1) is 30.4. The Bertz CT molecular complexity index is 1530. The topological polar surface area (TPSA) is 119 Å². The molecule has 0 saturated heterocycles. The molecule has 3 aromatic heterocycles. The van der Waals surface area contributed by atoms with Crippen LogP contribution in [0.2, 0.25) is 0 Å². The molecular formula is C31H42N8O4. The van der Waals surface area contributed by atoms with Gasteiger partial charge in [-0.3, -0.25) is 9.69 Å². The van der Waals surface area contributed by atoms with Crippen molar-refractivity contribution >= 4 is 23.6 Å². The Morgan fingerprint density at radius 1 is 1.14 bits per heavy atom. The van der Waals surface area contributed by atoms with Crippen LogP contribution in [0.15, 0.2) is 24.3 Å². The fourth-order valence-corrected chi connectivity index (χ4v) is 5.22. The molecule has 43 heavy (non-hydrogen) atoms. The summed E-state index contributed by atoms with van der Waals surface area (Å²) in [7, 11) is 3.62. The Kier molecular flexibility index (Phi) is 8.17. The van der Waals surface area contributed by atoms with Crippen LogP contribution in [0.3, 0.4) is 0 Å². The highest BCUT2D eigenvalue weighted by Gasteiger charge is 2.35. The molecule has 2 amide bonds. The molecule has 0 aromatic carbocycles. The highest BCUT2D eigenvalue weighted by molar-refractivity contribution is 6.10. The third kappa shape index (κ3) is 6.06. The van der Waals surface area contributed by atoms with E-state index >= 15 is 0 Å². The molecule has 0 spiro atoms. The minimum absolute atomic E-state index is 0.0869. The van der Waals surface area contributed by atoms with Gasteiger partial charge in [-0.05, 0) is 58.7 Å². The zero-order chi connectivity index (χ0) is 31.2. The summed E-state index contributed by atoms with van der Waals surface area (Å²) in [5.74, 6) is 2.74. The number of hydrogen-bond acceptors (Lipinski definition) is 9. The monoisotopic (exact) mass is 590 g/mol. The summed E-state index contributed by atoms with van der Waals surface area (Å²) in [6, 6.07) is 7.67. The smallest absolute Gasteiger partial charge is 0.410 e. The number of carbonyl (C=O) groups is 2. The van der Waals surface area contributed by atoms with Crippen LogP contribution in [0.1, 0.15) is 81.9 Å². The van der Waals surface area contributed by atoms with Crippen molar-refractivity contribution in [2.24, 2.45) is 5.92 Å². The van der Waals surface area contributed by atoms with E-state index in [9.17, 15) is 9.59 Å². The van der Waals surface area contributed by atoms with Gasteiger partial charge in [-0.25, -0.2) is 14.8 Å². The normalized spacial score (nSPS) is 16.5. The van der Waals surface area contributed by atoms with E-state index in [0.717, 1.165) is 11.4 Å². The fourth-order valence-electron chi connectivity index (χ4n) is 5.22. The Morgan fingerprint density at radius 3 is 2.56 bits per heavy atom. The molecule has 5 heterocycles. The summed E-state index contributed by atoms with van der Waals surface area (Å²) in [5.41, 5.74) is 1.97. The van der Waals surface area contributed by atoms with Gasteiger partial charge in [-0.2, -0.15) is 0 Å². The van der Waals surface area contributed by atoms with Gasteiger partial charge < -0.3 is 23.8 Å². The Labute approximate surface area is 253 Å².